The third-order valence-corrected chi connectivity index (χ3v) is 8.21. The fraction of sp³-hybridized carbons (Fsp3) is 0.556. The Morgan fingerprint density at radius 3 is 2.73 bits per heavy atom. The first kappa shape index (κ1) is 24.0. The van der Waals surface area contributed by atoms with Crippen LogP contribution in [0.4, 0.5) is 23.1 Å². The Morgan fingerprint density at radius 2 is 2.03 bits per heavy atom. The van der Waals surface area contributed by atoms with Gasteiger partial charge < -0.3 is 29.9 Å². The Morgan fingerprint density at radius 1 is 1.22 bits per heavy atom. The second-order valence-electron chi connectivity index (χ2n) is 10.7. The van der Waals surface area contributed by atoms with E-state index in [1.165, 1.54) is 12.8 Å². The highest BCUT2D eigenvalue weighted by atomic mass is 16.5. The number of hydrogen-bond acceptors (Lipinski definition) is 8. The van der Waals surface area contributed by atoms with E-state index in [-0.39, 0.29) is 23.3 Å². The van der Waals surface area contributed by atoms with Crippen LogP contribution in [-0.4, -0.2) is 67.8 Å². The molecule has 2 saturated carbocycles. The minimum atomic E-state index is -0.296. The van der Waals surface area contributed by atoms with Gasteiger partial charge in [0.2, 0.25) is 11.9 Å². The molecule has 196 valence electrons. The molecule has 6 rings (SSSR count). The summed E-state index contributed by atoms with van der Waals surface area (Å²) in [5.41, 5.74) is 1.63. The number of nitrogens with one attached hydrogen (secondary N) is 2. The molecule has 1 aromatic carbocycles. The van der Waals surface area contributed by atoms with Crippen LogP contribution >= 0.6 is 0 Å². The highest BCUT2D eigenvalue weighted by Crippen LogP contribution is 2.52. The lowest BCUT2D eigenvalue weighted by molar-refractivity contribution is -0.122. The molecule has 10 heteroatoms. The van der Waals surface area contributed by atoms with Crippen molar-refractivity contribution >= 4 is 35.0 Å². The first-order valence-corrected chi connectivity index (χ1v) is 13.2. The molecule has 1 saturated heterocycles. The van der Waals surface area contributed by atoms with Crippen molar-refractivity contribution in [2.45, 2.75) is 57.0 Å². The number of rotatable bonds is 6. The van der Waals surface area contributed by atoms with E-state index in [4.69, 9.17) is 14.5 Å². The third-order valence-electron chi connectivity index (χ3n) is 8.21. The molecular formula is C27H34N6O4. The molecule has 2 aliphatic carbocycles. The van der Waals surface area contributed by atoms with Crippen LogP contribution in [0.1, 0.15) is 55.3 Å². The van der Waals surface area contributed by atoms with Crippen molar-refractivity contribution in [2.75, 3.05) is 49.0 Å². The zero-order valence-corrected chi connectivity index (χ0v) is 21.5. The Hall–Kier alpha value is -3.40. The molecular weight excluding hydrogens is 472 g/mol. The van der Waals surface area contributed by atoms with Gasteiger partial charge in [0.25, 0.3) is 5.91 Å². The van der Waals surface area contributed by atoms with Crippen molar-refractivity contribution < 1.29 is 19.1 Å². The quantitative estimate of drug-likeness (QED) is 0.615. The Balaban J connectivity index is 1.28. The van der Waals surface area contributed by atoms with Crippen LogP contribution in [-0.2, 0) is 9.53 Å². The van der Waals surface area contributed by atoms with Gasteiger partial charge in [0.1, 0.15) is 11.4 Å². The first-order chi connectivity index (χ1) is 18.0. The maximum Gasteiger partial charge on any atom is 0.251 e. The molecule has 2 N–H and O–H groups in total. The molecule has 3 fully saturated rings. The summed E-state index contributed by atoms with van der Waals surface area (Å²) in [6.07, 6.45) is 9.05. The maximum atomic E-state index is 13.3. The van der Waals surface area contributed by atoms with Crippen molar-refractivity contribution in [3.63, 3.8) is 0 Å². The molecule has 2 aliphatic heterocycles. The van der Waals surface area contributed by atoms with Crippen LogP contribution in [0.2, 0.25) is 0 Å². The molecule has 1 aromatic heterocycles. The average Bonchev–Trinajstić information content (AvgIpc) is 3.27. The SMILES string of the molecule is COc1cc(C(=O)NC2CCOC2)ccc1Nc1ncc2c(n1)N(C1CCCC1)CC1(CC1)C(=O)N2C. The predicted molar refractivity (Wildman–Crippen MR) is 140 cm³/mol. The number of hydrogen-bond donors (Lipinski definition) is 2. The Bertz CT molecular complexity index is 1200. The molecule has 10 nitrogen and oxygen atoms in total. The minimum absolute atomic E-state index is 0.0341. The number of methoxy groups -OCH3 is 1. The summed E-state index contributed by atoms with van der Waals surface area (Å²) in [5.74, 6) is 1.75. The van der Waals surface area contributed by atoms with Gasteiger partial charge in [-0.1, -0.05) is 12.8 Å². The molecule has 37 heavy (non-hydrogen) atoms. The fourth-order valence-electron chi connectivity index (χ4n) is 5.82. The van der Waals surface area contributed by atoms with Gasteiger partial charge in [-0.25, -0.2) is 4.98 Å². The summed E-state index contributed by atoms with van der Waals surface area (Å²) in [6, 6.07) is 5.69. The molecule has 3 heterocycles. The standard InChI is InChI=1S/C27H34N6O4/c1-32-21-14-28-26(31-23(21)33(19-5-3-4-6-19)16-27(10-11-27)25(32)35)30-20-8-7-17(13-22(20)36-2)24(34)29-18-9-12-37-15-18/h7-8,13-14,18-19H,3-6,9-12,15-16H2,1-2H3,(H,29,34)(H,28,30,31). The number of anilines is 4. The molecule has 2 aromatic rings. The number of amides is 2. The van der Waals surface area contributed by atoms with E-state index in [9.17, 15) is 9.59 Å². The highest BCUT2D eigenvalue weighted by molar-refractivity contribution is 6.03. The molecule has 0 radical (unpaired) electrons. The van der Waals surface area contributed by atoms with Gasteiger partial charge in [0.05, 0.1) is 37.1 Å². The number of carbonyl (C=O) groups excluding carboxylic acids is 2. The normalized spacial score (nSPS) is 22.6. The first-order valence-electron chi connectivity index (χ1n) is 13.2. The Kier molecular flexibility index (Phi) is 6.14. The van der Waals surface area contributed by atoms with E-state index in [0.29, 0.717) is 48.7 Å². The molecule has 2 amide bonds. The van der Waals surface area contributed by atoms with Crippen molar-refractivity contribution in [3.8, 4) is 5.75 Å². The molecule has 1 atom stereocenters. The van der Waals surface area contributed by atoms with Gasteiger partial charge in [0, 0.05) is 31.8 Å². The summed E-state index contributed by atoms with van der Waals surface area (Å²) in [4.78, 5) is 39.6. The second kappa shape index (κ2) is 9.48. The van der Waals surface area contributed by atoms with E-state index >= 15 is 0 Å². The minimum Gasteiger partial charge on any atom is -0.495 e. The number of fused-ring (bicyclic) bond motifs is 1. The predicted octanol–water partition coefficient (Wildman–Crippen LogP) is 3.25. The van der Waals surface area contributed by atoms with E-state index < -0.39 is 0 Å². The summed E-state index contributed by atoms with van der Waals surface area (Å²) in [7, 11) is 3.41. The van der Waals surface area contributed by atoms with Crippen LogP contribution in [0.5, 0.6) is 5.75 Å². The van der Waals surface area contributed by atoms with Crippen LogP contribution in [0.25, 0.3) is 0 Å². The monoisotopic (exact) mass is 506 g/mol. The van der Waals surface area contributed by atoms with Gasteiger partial charge in [-0.3, -0.25) is 9.59 Å². The lowest BCUT2D eigenvalue weighted by atomic mass is 10.0. The van der Waals surface area contributed by atoms with Crippen LogP contribution in [0.15, 0.2) is 24.4 Å². The number of benzene rings is 1. The summed E-state index contributed by atoms with van der Waals surface area (Å²) in [6.45, 7) is 1.92. The topological polar surface area (TPSA) is 109 Å². The molecule has 1 spiro atoms. The zero-order valence-electron chi connectivity index (χ0n) is 21.5. The van der Waals surface area contributed by atoms with E-state index in [0.717, 1.165) is 43.6 Å². The van der Waals surface area contributed by atoms with Gasteiger partial charge in [0.15, 0.2) is 5.82 Å². The largest absolute Gasteiger partial charge is 0.495 e. The van der Waals surface area contributed by atoms with Crippen LogP contribution < -0.4 is 25.2 Å². The highest BCUT2D eigenvalue weighted by Gasteiger charge is 2.55. The molecule has 4 aliphatic rings. The van der Waals surface area contributed by atoms with Crippen molar-refractivity contribution in [1.82, 2.24) is 15.3 Å². The lowest BCUT2D eigenvalue weighted by Gasteiger charge is -2.31. The number of nitrogens with zero attached hydrogens (tertiary/aromatic N) is 4. The molecule has 0 bridgehead atoms. The van der Waals surface area contributed by atoms with Crippen molar-refractivity contribution in [1.29, 1.82) is 0 Å². The smallest absolute Gasteiger partial charge is 0.251 e. The average molecular weight is 507 g/mol. The number of ether oxygens (including phenoxy) is 2. The summed E-state index contributed by atoms with van der Waals surface area (Å²) in [5, 5.41) is 6.28. The van der Waals surface area contributed by atoms with E-state index in [1.54, 1.807) is 36.4 Å². The summed E-state index contributed by atoms with van der Waals surface area (Å²) < 4.78 is 10.9. The Labute approximate surface area is 216 Å². The third kappa shape index (κ3) is 4.47. The lowest BCUT2D eigenvalue weighted by Crippen LogP contribution is -2.41. The van der Waals surface area contributed by atoms with Gasteiger partial charge in [-0.05, 0) is 50.3 Å². The van der Waals surface area contributed by atoms with Gasteiger partial charge in [-0.15, -0.1) is 0 Å². The van der Waals surface area contributed by atoms with Crippen LogP contribution in [0.3, 0.4) is 0 Å². The zero-order chi connectivity index (χ0) is 25.6. The van der Waals surface area contributed by atoms with E-state index in [1.807, 2.05) is 7.05 Å². The van der Waals surface area contributed by atoms with Gasteiger partial charge >= 0.3 is 0 Å². The van der Waals surface area contributed by atoms with Crippen molar-refractivity contribution in [3.05, 3.63) is 30.0 Å². The summed E-state index contributed by atoms with van der Waals surface area (Å²) >= 11 is 0. The second-order valence-corrected chi connectivity index (χ2v) is 10.7. The number of aromatic nitrogens is 2. The molecule has 1 unspecified atom stereocenters. The number of carbonyl (C=O) groups is 2. The van der Waals surface area contributed by atoms with Crippen molar-refractivity contribution in [2.24, 2.45) is 5.41 Å². The van der Waals surface area contributed by atoms with E-state index in [2.05, 4.69) is 20.5 Å². The van der Waals surface area contributed by atoms with Gasteiger partial charge in [-0.2, -0.15) is 4.98 Å². The fourth-order valence-corrected chi connectivity index (χ4v) is 5.82. The maximum absolute atomic E-state index is 13.3. The van der Waals surface area contributed by atoms with Crippen LogP contribution in [0, 0.1) is 5.41 Å².